The molecule has 1 atom stereocenters. The predicted molar refractivity (Wildman–Crippen MR) is 141 cm³/mol. The smallest absolute Gasteiger partial charge is 0.319 e. The largest absolute Gasteiger partial charge is 0.335 e. The quantitative estimate of drug-likeness (QED) is 0.405. The maximum atomic E-state index is 13.2. The molecule has 2 amide bonds. The number of urea groups is 1. The van der Waals surface area contributed by atoms with Crippen LogP contribution in [-0.4, -0.2) is 36.6 Å². The number of benzene rings is 3. The lowest BCUT2D eigenvalue weighted by Crippen LogP contribution is -2.43. The number of amides is 2. The molecule has 0 unspecified atom stereocenters. The topological polar surface area (TPSA) is 68.2 Å². The molecule has 3 aromatic carbocycles. The van der Waals surface area contributed by atoms with Crippen molar-refractivity contribution in [3.05, 3.63) is 101 Å². The molecule has 1 heterocycles. The normalized spacial score (nSPS) is 15.1. The van der Waals surface area contributed by atoms with Crippen molar-refractivity contribution >= 4 is 11.7 Å². The Balaban J connectivity index is 1.29. The number of nitrogens with zero attached hydrogens (tertiary/aromatic N) is 2. The molecule has 0 saturated carbocycles. The number of hydrogen-bond acceptors (Lipinski definition) is 3. The summed E-state index contributed by atoms with van der Waals surface area (Å²) < 4.78 is 13.2. The Labute approximate surface area is 212 Å². The summed E-state index contributed by atoms with van der Waals surface area (Å²) in [5.74, 6) is 0.441. The molecule has 0 aliphatic carbocycles. The molecular weight excluding hydrogens is 451 g/mol. The van der Waals surface area contributed by atoms with Gasteiger partial charge >= 0.3 is 6.03 Å². The molecule has 1 aliphatic heterocycles. The predicted octanol–water partition coefficient (Wildman–Crippen LogP) is 5.77. The number of likely N-dealkylation sites (tertiary alicyclic amines) is 1. The summed E-state index contributed by atoms with van der Waals surface area (Å²) in [5.41, 5.74) is 3.50. The number of halogens is 1. The molecule has 0 aromatic heterocycles. The monoisotopic (exact) mass is 484 g/mol. The molecule has 6 heteroatoms. The van der Waals surface area contributed by atoms with Gasteiger partial charge in [-0.15, -0.1) is 0 Å². The zero-order chi connectivity index (χ0) is 25.2. The maximum absolute atomic E-state index is 13.2. The fourth-order valence-electron chi connectivity index (χ4n) is 4.85. The van der Waals surface area contributed by atoms with Gasteiger partial charge < -0.3 is 15.5 Å². The first-order valence-electron chi connectivity index (χ1n) is 12.7. The van der Waals surface area contributed by atoms with Crippen LogP contribution >= 0.6 is 0 Å². The van der Waals surface area contributed by atoms with Crippen LogP contribution in [0.1, 0.15) is 36.0 Å². The van der Waals surface area contributed by atoms with Gasteiger partial charge in [0.15, 0.2) is 0 Å². The number of carbonyl (C=O) groups excluding carboxylic acids is 1. The lowest BCUT2D eigenvalue weighted by Gasteiger charge is -2.33. The van der Waals surface area contributed by atoms with E-state index in [1.807, 2.05) is 30.3 Å². The van der Waals surface area contributed by atoms with Gasteiger partial charge in [0.25, 0.3) is 0 Å². The van der Waals surface area contributed by atoms with E-state index in [-0.39, 0.29) is 17.9 Å². The molecule has 1 fully saturated rings. The van der Waals surface area contributed by atoms with E-state index in [4.69, 9.17) is 5.26 Å². The van der Waals surface area contributed by atoms with Crippen LogP contribution in [0.3, 0.4) is 0 Å². The van der Waals surface area contributed by atoms with Crippen molar-refractivity contribution in [3.8, 4) is 6.07 Å². The summed E-state index contributed by atoms with van der Waals surface area (Å²) in [6.45, 7) is 3.00. The number of rotatable bonds is 9. The van der Waals surface area contributed by atoms with Gasteiger partial charge in [-0.25, -0.2) is 9.18 Å². The second-order valence-electron chi connectivity index (χ2n) is 9.58. The average Bonchev–Trinajstić information content (AvgIpc) is 2.90. The van der Waals surface area contributed by atoms with Crippen LogP contribution < -0.4 is 10.6 Å². The number of nitrogens with one attached hydrogen (secondary N) is 2. The molecule has 4 rings (SSSR count). The third-order valence-corrected chi connectivity index (χ3v) is 6.85. The van der Waals surface area contributed by atoms with Crippen LogP contribution in [0.4, 0.5) is 14.9 Å². The molecule has 5 nitrogen and oxygen atoms in total. The van der Waals surface area contributed by atoms with Crippen LogP contribution in [0.15, 0.2) is 78.9 Å². The van der Waals surface area contributed by atoms with E-state index < -0.39 is 0 Å². The molecule has 1 saturated heterocycles. The SMILES string of the molecule is N#Cc1cccc(NC(=O)N[C@@H](CCN2CCC(Cc3ccc(F)cc3)CC2)Cc2ccccc2)c1. The van der Waals surface area contributed by atoms with Gasteiger partial charge in [-0.2, -0.15) is 5.26 Å². The lowest BCUT2D eigenvalue weighted by molar-refractivity contribution is 0.176. The fraction of sp³-hybridized carbons (Fsp3) is 0.333. The van der Waals surface area contributed by atoms with Gasteiger partial charge in [-0.05, 0) is 92.6 Å². The number of nitriles is 1. The van der Waals surface area contributed by atoms with Crippen molar-refractivity contribution < 1.29 is 9.18 Å². The Hall–Kier alpha value is -3.69. The highest BCUT2D eigenvalue weighted by atomic mass is 19.1. The van der Waals surface area contributed by atoms with Crippen molar-refractivity contribution in [3.63, 3.8) is 0 Å². The highest BCUT2D eigenvalue weighted by Gasteiger charge is 2.21. The maximum Gasteiger partial charge on any atom is 0.319 e. The summed E-state index contributed by atoms with van der Waals surface area (Å²) >= 11 is 0. The Morgan fingerprint density at radius 3 is 2.47 bits per heavy atom. The minimum absolute atomic E-state index is 0.0107. The first-order valence-corrected chi connectivity index (χ1v) is 12.7. The molecule has 36 heavy (non-hydrogen) atoms. The van der Waals surface area contributed by atoms with Crippen LogP contribution in [0, 0.1) is 23.1 Å². The first-order chi connectivity index (χ1) is 17.6. The third kappa shape index (κ3) is 7.93. The molecule has 186 valence electrons. The Morgan fingerprint density at radius 2 is 1.75 bits per heavy atom. The van der Waals surface area contributed by atoms with E-state index in [1.54, 1.807) is 36.4 Å². The second kappa shape index (κ2) is 12.9. The standard InChI is InChI=1S/C30H33FN4O/c31-27-11-9-24(10-12-27)19-25-13-16-35(17-14-25)18-15-29(20-23-5-2-1-3-6-23)34-30(36)33-28-8-4-7-26(21-28)22-32/h1-12,21,25,29H,13-20H2,(H2,33,34,36)/t29-/m0/s1. The number of carbonyl (C=O) groups is 1. The number of piperidine rings is 1. The zero-order valence-electron chi connectivity index (χ0n) is 20.5. The number of anilines is 1. The van der Waals surface area contributed by atoms with Crippen molar-refractivity contribution in [1.29, 1.82) is 5.26 Å². The van der Waals surface area contributed by atoms with E-state index in [2.05, 4.69) is 33.7 Å². The van der Waals surface area contributed by atoms with Gasteiger partial charge in [0.1, 0.15) is 5.82 Å². The van der Waals surface area contributed by atoms with Gasteiger partial charge in [-0.3, -0.25) is 0 Å². The highest BCUT2D eigenvalue weighted by molar-refractivity contribution is 5.89. The van der Waals surface area contributed by atoms with Crippen LogP contribution in [0.5, 0.6) is 0 Å². The Bertz CT molecular complexity index is 1150. The number of hydrogen-bond donors (Lipinski definition) is 2. The Morgan fingerprint density at radius 1 is 1.00 bits per heavy atom. The van der Waals surface area contributed by atoms with E-state index in [0.29, 0.717) is 17.2 Å². The molecule has 3 aromatic rings. The van der Waals surface area contributed by atoms with Crippen molar-refractivity contribution in [2.75, 3.05) is 25.0 Å². The van der Waals surface area contributed by atoms with Gasteiger partial charge in [0, 0.05) is 18.3 Å². The van der Waals surface area contributed by atoms with Crippen LogP contribution in [0.25, 0.3) is 0 Å². The van der Waals surface area contributed by atoms with E-state index >= 15 is 0 Å². The molecule has 2 N–H and O–H groups in total. The second-order valence-corrected chi connectivity index (χ2v) is 9.58. The Kier molecular flexibility index (Phi) is 9.07. The van der Waals surface area contributed by atoms with Gasteiger partial charge in [0.05, 0.1) is 11.6 Å². The minimum atomic E-state index is -0.260. The van der Waals surface area contributed by atoms with Crippen LogP contribution in [0.2, 0.25) is 0 Å². The van der Waals surface area contributed by atoms with E-state index in [1.165, 1.54) is 11.1 Å². The van der Waals surface area contributed by atoms with E-state index in [9.17, 15) is 9.18 Å². The van der Waals surface area contributed by atoms with Crippen molar-refractivity contribution in [2.45, 2.75) is 38.1 Å². The van der Waals surface area contributed by atoms with Crippen LogP contribution in [-0.2, 0) is 12.8 Å². The van der Waals surface area contributed by atoms with Crippen molar-refractivity contribution in [2.24, 2.45) is 5.92 Å². The third-order valence-electron chi connectivity index (χ3n) is 6.85. The average molecular weight is 485 g/mol. The lowest BCUT2D eigenvalue weighted by atomic mass is 9.90. The fourth-order valence-corrected chi connectivity index (χ4v) is 4.85. The van der Waals surface area contributed by atoms with Gasteiger partial charge in [0.2, 0.25) is 0 Å². The summed E-state index contributed by atoms with van der Waals surface area (Å²) in [5, 5.41) is 15.1. The molecule has 0 spiro atoms. The molecular formula is C30H33FN4O. The molecule has 0 radical (unpaired) electrons. The minimum Gasteiger partial charge on any atom is -0.335 e. The summed E-state index contributed by atoms with van der Waals surface area (Å²) in [4.78, 5) is 15.2. The molecule has 0 bridgehead atoms. The van der Waals surface area contributed by atoms with Crippen molar-refractivity contribution in [1.82, 2.24) is 10.2 Å². The first kappa shape index (κ1) is 25.4. The van der Waals surface area contributed by atoms with E-state index in [0.717, 1.165) is 51.7 Å². The highest BCUT2D eigenvalue weighted by Crippen LogP contribution is 2.22. The summed E-state index contributed by atoms with van der Waals surface area (Å²) in [6, 6.07) is 25.8. The van der Waals surface area contributed by atoms with Gasteiger partial charge in [-0.1, -0.05) is 48.5 Å². The molecule has 1 aliphatic rings. The summed E-state index contributed by atoms with van der Waals surface area (Å²) in [7, 11) is 0. The zero-order valence-corrected chi connectivity index (χ0v) is 20.5. The summed E-state index contributed by atoms with van der Waals surface area (Å²) in [6.07, 6.45) is 4.87.